The summed E-state index contributed by atoms with van der Waals surface area (Å²) >= 11 is 5.89. The average molecular weight is 251 g/mol. The van der Waals surface area contributed by atoms with Crippen molar-refractivity contribution in [2.75, 3.05) is 5.32 Å². The second kappa shape index (κ2) is 4.93. The fourth-order valence-corrected chi connectivity index (χ4v) is 1.48. The van der Waals surface area contributed by atoms with Crippen LogP contribution in [0.1, 0.15) is 10.4 Å². The standard InChI is InChI=1S/C12H8ClFN2O/c13-9-3-1-2-4-10(9)16-12(17)8-5-6-15-11(14)7-8/h1-7H,(H,16,17). The SMILES string of the molecule is O=C(Nc1ccccc1Cl)c1ccnc(F)c1. The first-order valence-corrected chi connectivity index (χ1v) is 5.22. The summed E-state index contributed by atoms with van der Waals surface area (Å²) in [6.07, 6.45) is 1.23. The van der Waals surface area contributed by atoms with E-state index in [-0.39, 0.29) is 5.56 Å². The van der Waals surface area contributed by atoms with E-state index in [4.69, 9.17) is 11.6 Å². The van der Waals surface area contributed by atoms with E-state index in [9.17, 15) is 9.18 Å². The van der Waals surface area contributed by atoms with E-state index in [2.05, 4.69) is 10.3 Å². The number of benzene rings is 1. The molecule has 2 rings (SSSR count). The van der Waals surface area contributed by atoms with E-state index in [1.807, 2.05) is 0 Å². The molecule has 0 bridgehead atoms. The highest BCUT2D eigenvalue weighted by Crippen LogP contribution is 2.21. The van der Waals surface area contributed by atoms with Gasteiger partial charge < -0.3 is 5.32 Å². The third-order valence-electron chi connectivity index (χ3n) is 2.11. The predicted molar refractivity (Wildman–Crippen MR) is 63.6 cm³/mol. The molecule has 1 heterocycles. The average Bonchev–Trinajstić information content (AvgIpc) is 2.32. The Morgan fingerprint density at radius 2 is 2.06 bits per heavy atom. The van der Waals surface area contributed by atoms with Crippen molar-refractivity contribution in [2.24, 2.45) is 0 Å². The highest BCUT2D eigenvalue weighted by Gasteiger charge is 2.08. The minimum absolute atomic E-state index is 0.192. The van der Waals surface area contributed by atoms with Crippen molar-refractivity contribution in [2.45, 2.75) is 0 Å². The quantitative estimate of drug-likeness (QED) is 0.832. The second-order valence-electron chi connectivity index (χ2n) is 3.30. The van der Waals surface area contributed by atoms with Crippen LogP contribution in [0.15, 0.2) is 42.6 Å². The number of amides is 1. The zero-order valence-electron chi connectivity index (χ0n) is 8.65. The summed E-state index contributed by atoms with van der Waals surface area (Å²) in [6.45, 7) is 0. The third kappa shape index (κ3) is 2.79. The normalized spacial score (nSPS) is 10.0. The highest BCUT2D eigenvalue weighted by atomic mass is 35.5. The molecule has 0 spiro atoms. The molecule has 2 aromatic rings. The number of aromatic nitrogens is 1. The number of pyridine rings is 1. The topological polar surface area (TPSA) is 42.0 Å². The minimum atomic E-state index is -0.697. The summed E-state index contributed by atoms with van der Waals surface area (Å²) in [5, 5.41) is 3.01. The monoisotopic (exact) mass is 250 g/mol. The van der Waals surface area contributed by atoms with Crippen LogP contribution in [0.5, 0.6) is 0 Å². The molecule has 1 amide bonds. The first kappa shape index (κ1) is 11.5. The number of hydrogen-bond acceptors (Lipinski definition) is 2. The van der Waals surface area contributed by atoms with Gasteiger partial charge in [0.2, 0.25) is 5.95 Å². The molecule has 1 N–H and O–H groups in total. The number of nitrogens with one attached hydrogen (secondary N) is 1. The van der Waals surface area contributed by atoms with Gasteiger partial charge in [-0.15, -0.1) is 0 Å². The smallest absolute Gasteiger partial charge is 0.255 e. The van der Waals surface area contributed by atoms with Gasteiger partial charge in [0.05, 0.1) is 10.7 Å². The molecule has 0 radical (unpaired) electrons. The molecule has 1 aromatic carbocycles. The van der Waals surface area contributed by atoms with E-state index < -0.39 is 11.9 Å². The number of para-hydroxylation sites is 1. The maximum absolute atomic E-state index is 12.8. The van der Waals surface area contributed by atoms with Crippen LogP contribution >= 0.6 is 11.6 Å². The number of carbonyl (C=O) groups is 1. The Labute approximate surface area is 102 Å². The van der Waals surface area contributed by atoms with Gasteiger partial charge in [0.15, 0.2) is 0 Å². The van der Waals surface area contributed by atoms with Crippen LogP contribution in [0.2, 0.25) is 5.02 Å². The lowest BCUT2D eigenvalue weighted by Crippen LogP contribution is -2.12. The number of anilines is 1. The van der Waals surface area contributed by atoms with Gasteiger partial charge in [0.25, 0.3) is 5.91 Å². The van der Waals surface area contributed by atoms with Crippen molar-refractivity contribution < 1.29 is 9.18 Å². The van der Waals surface area contributed by atoms with Crippen molar-refractivity contribution in [3.8, 4) is 0 Å². The zero-order chi connectivity index (χ0) is 12.3. The summed E-state index contributed by atoms with van der Waals surface area (Å²) < 4.78 is 12.8. The van der Waals surface area contributed by atoms with E-state index in [1.165, 1.54) is 12.3 Å². The first-order chi connectivity index (χ1) is 8.16. The molecule has 5 heteroatoms. The van der Waals surface area contributed by atoms with Gasteiger partial charge in [-0.3, -0.25) is 4.79 Å². The Bertz CT molecular complexity index is 560. The van der Waals surface area contributed by atoms with Crippen LogP contribution in [0, 0.1) is 5.95 Å². The zero-order valence-corrected chi connectivity index (χ0v) is 9.41. The first-order valence-electron chi connectivity index (χ1n) is 4.84. The predicted octanol–water partition coefficient (Wildman–Crippen LogP) is 3.13. The molecule has 0 aliphatic carbocycles. The van der Waals surface area contributed by atoms with Crippen LogP contribution in [-0.2, 0) is 0 Å². The molecule has 0 fully saturated rings. The molecule has 0 aliphatic heterocycles. The Morgan fingerprint density at radius 3 is 2.76 bits per heavy atom. The van der Waals surface area contributed by atoms with Gasteiger partial charge in [0.1, 0.15) is 0 Å². The van der Waals surface area contributed by atoms with Crippen LogP contribution in [-0.4, -0.2) is 10.9 Å². The van der Waals surface area contributed by atoms with Crippen LogP contribution in [0.4, 0.5) is 10.1 Å². The largest absolute Gasteiger partial charge is 0.321 e. The number of rotatable bonds is 2. The number of nitrogens with zero attached hydrogens (tertiary/aromatic N) is 1. The van der Waals surface area contributed by atoms with Gasteiger partial charge in [-0.1, -0.05) is 23.7 Å². The molecule has 0 aliphatic rings. The lowest BCUT2D eigenvalue weighted by Gasteiger charge is -2.06. The maximum atomic E-state index is 12.8. The summed E-state index contributed by atoms with van der Waals surface area (Å²) in [7, 11) is 0. The van der Waals surface area contributed by atoms with Gasteiger partial charge in [-0.25, -0.2) is 4.98 Å². The molecule has 86 valence electrons. The Morgan fingerprint density at radius 1 is 1.29 bits per heavy atom. The van der Waals surface area contributed by atoms with Crippen molar-refractivity contribution in [1.82, 2.24) is 4.98 Å². The van der Waals surface area contributed by atoms with Gasteiger partial charge >= 0.3 is 0 Å². The molecular formula is C12H8ClFN2O. The van der Waals surface area contributed by atoms with E-state index >= 15 is 0 Å². The van der Waals surface area contributed by atoms with Crippen molar-refractivity contribution in [1.29, 1.82) is 0 Å². The third-order valence-corrected chi connectivity index (χ3v) is 2.44. The summed E-state index contributed by atoms with van der Waals surface area (Å²) in [6, 6.07) is 9.31. The number of halogens is 2. The molecule has 0 unspecified atom stereocenters. The van der Waals surface area contributed by atoms with E-state index in [0.717, 1.165) is 6.07 Å². The minimum Gasteiger partial charge on any atom is -0.321 e. The van der Waals surface area contributed by atoms with Crippen molar-refractivity contribution in [3.05, 3.63) is 59.1 Å². The van der Waals surface area contributed by atoms with Crippen molar-refractivity contribution in [3.63, 3.8) is 0 Å². The molecule has 3 nitrogen and oxygen atoms in total. The van der Waals surface area contributed by atoms with Gasteiger partial charge in [-0.2, -0.15) is 4.39 Å². The maximum Gasteiger partial charge on any atom is 0.255 e. The van der Waals surface area contributed by atoms with Crippen molar-refractivity contribution >= 4 is 23.2 Å². The summed E-state index contributed by atoms with van der Waals surface area (Å²) in [4.78, 5) is 15.1. The fraction of sp³-hybridized carbons (Fsp3) is 0. The fourth-order valence-electron chi connectivity index (χ4n) is 1.30. The van der Waals surface area contributed by atoms with E-state index in [1.54, 1.807) is 24.3 Å². The van der Waals surface area contributed by atoms with Crippen LogP contribution in [0.25, 0.3) is 0 Å². The lowest BCUT2D eigenvalue weighted by atomic mass is 10.2. The van der Waals surface area contributed by atoms with E-state index in [0.29, 0.717) is 10.7 Å². The summed E-state index contributed by atoms with van der Waals surface area (Å²) in [5.41, 5.74) is 0.675. The Kier molecular flexibility index (Phi) is 3.35. The second-order valence-corrected chi connectivity index (χ2v) is 3.71. The number of hydrogen-bond donors (Lipinski definition) is 1. The van der Waals surface area contributed by atoms with Crippen LogP contribution < -0.4 is 5.32 Å². The molecular weight excluding hydrogens is 243 g/mol. The van der Waals surface area contributed by atoms with Crippen LogP contribution in [0.3, 0.4) is 0 Å². The Hall–Kier alpha value is -1.94. The molecule has 0 saturated heterocycles. The molecule has 0 saturated carbocycles. The molecule has 17 heavy (non-hydrogen) atoms. The van der Waals surface area contributed by atoms with Gasteiger partial charge in [0, 0.05) is 17.8 Å². The Balaban J connectivity index is 2.20. The summed E-state index contributed by atoms with van der Waals surface area (Å²) in [5.74, 6) is -1.13. The molecule has 0 atom stereocenters. The molecule has 1 aromatic heterocycles. The lowest BCUT2D eigenvalue weighted by molar-refractivity contribution is 0.102. The number of carbonyl (C=O) groups excluding carboxylic acids is 1. The highest BCUT2D eigenvalue weighted by molar-refractivity contribution is 6.33. The van der Waals surface area contributed by atoms with Gasteiger partial charge in [-0.05, 0) is 18.2 Å².